The molecule has 4 aromatic rings. The van der Waals surface area contributed by atoms with Crippen molar-refractivity contribution in [3.8, 4) is 11.4 Å². The molecule has 0 aliphatic carbocycles. The number of hydrogen-bond acceptors (Lipinski definition) is 8. The molecule has 4 heterocycles. The minimum atomic E-state index is -3.85. The number of nitrogens with one attached hydrogen (secondary N) is 1. The van der Waals surface area contributed by atoms with E-state index in [1.807, 2.05) is 42.5 Å². The highest BCUT2D eigenvalue weighted by Crippen LogP contribution is 2.36. The molecule has 6 rings (SSSR count). The second-order valence-electron chi connectivity index (χ2n) is 8.04. The minimum Gasteiger partial charge on any atom is -0.371 e. The van der Waals surface area contributed by atoms with Crippen molar-refractivity contribution in [2.45, 2.75) is 29.2 Å². The molecule has 11 heteroatoms. The van der Waals surface area contributed by atoms with Crippen LogP contribution in [0.3, 0.4) is 0 Å². The molecular formula is C22H20N6O4S. The van der Waals surface area contributed by atoms with Crippen LogP contribution in [0.5, 0.6) is 0 Å². The van der Waals surface area contributed by atoms with E-state index in [0.29, 0.717) is 17.9 Å². The predicted octanol–water partition coefficient (Wildman–Crippen LogP) is 1.57. The molecule has 2 aromatic carbocycles. The van der Waals surface area contributed by atoms with E-state index >= 15 is 0 Å². The first-order valence-corrected chi connectivity index (χ1v) is 12.0. The SMILES string of the molecule is O=S(=O)(N[C@H]1CO[C@H]2[C@@H]1OC[C@@H]2n1nnnc1-c1ccccc1)c1cccc2cccnc12. The number of rotatable bonds is 5. The molecule has 168 valence electrons. The molecule has 0 unspecified atom stereocenters. The fraction of sp³-hybridized carbons (Fsp3) is 0.273. The van der Waals surface area contributed by atoms with Crippen LogP contribution in [0.4, 0.5) is 0 Å². The van der Waals surface area contributed by atoms with Gasteiger partial charge in [0.2, 0.25) is 10.0 Å². The lowest BCUT2D eigenvalue weighted by Gasteiger charge is -2.18. The smallest absolute Gasteiger partial charge is 0.243 e. The Bertz CT molecular complexity index is 1410. The van der Waals surface area contributed by atoms with Crippen molar-refractivity contribution in [1.29, 1.82) is 0 Å². The summed E-state index contributed by atoms with van der Waals surface area (Å²) >= 11 is 0. The molecule has 0 amide bonds. The van der Waals surface area contributed by atoms with Crippen molar-refractivity contribution >= 4 is 20.9 Å². The highest BCUT2D eigenvalue weighted by atomic mass is 32.2. The monoisotopic (exact) mass is 464 g/mol. The number of nitrogens with zero attached hydrogens (tertiary/aromatic N) is 5. The van der Waals surface area contributed by atoms with Crippen LogP contribution >= 0.6 is 0 Å². The van der Waals surface area contributed by atoms with Crippen molar-refractivity contribution in [2.24, 2.45) is 0 Å². The zero-order valence-corrected chi connectivity index (χ0v) is 18.2. The maximum absolute atomic E-state index is 13.2. The Morgan fingerprint density at radius 2 is 1.76 bits per heavy atom. The number of sulfonamides is 1. The number of para-hydroxylation sites is 1. The van der Waals surface area contributed by atoms with Gasteiger partial charge in [0, 0.05) is 17.1 Å². The van der Waals surface area contributed by atoms with Crippen LogP contribution in [0.1, 0.15) is 6.04 Å². The van der Waals surface area contributed by atoms with Gasteiger partial charge < -0.3 is 9.47 Å². The zero-order chi connectivity index (χ0) is 22.4. The second-order valence-corrected chi connectivity index (χ2v) is 9.72. The number of tetrazole rings is 1. The summed E-state index contributed by atoms with van der Waals surface area (Å²) in [6.07, 6.45) is 0.742. The summed E-state index contributed by atoms with van der Waals surface area (Å²) < 4.78 is 43.0. The maximum Gasteiger partial charge on any atom is 0.243 e. The average Bonchev–Trinajstić information content (AvgIpc) is 3.57. The largest absolute Gasteiger partial charge is 0.371 e. The third-order valence-corrected chi connectivity index (χ3v) is 7.58. The molecule has 0 radical (unpaired) electrons. The molecule has 2 aromatic heterocycles. The number of pyridine rings is 1. The van der Waals surface area contributed by atoms with Gasteiger partial charge in [-0.3, -0.25) is 4.98 Å². The van der Waals surface area contributed by atoms with Crippen molar-refractivity contribution < 1.29 is 17.9 Å². The van der Waals surface area contributed by atoms with Gasteiger partial charge in [-0.25, -0.2) is 17.8 Å². The fourth-order valence-corrected chi connectivity index (χ4v) is 5.95. The van der Waals surface area contributed by atoms with Gasteiger partial charge in [0.05, 0.1) is 24.8 Å². The lowest BCUT2D eigenvalue weighted by Crippen LogP contribution is -2.44. The van der Waals surface area contributed by atoms with Crippen LogP contribution < -0.4 is 4.72 Å². The highest BCUT2D eigenvalue weighted by molar-refractivity contribution is 7.89. The molecular weight excluding hydrogens is 444 g/mol. The van der Waals surface area contributed by atoms with Gasteiger partial charge >= 0.3 is 0 Å². The Kier molecular flexibility index (Phi) is 4.91. The first-order chi connectivity index (χ1) is 16.1. The lowest BCUT2D eigenvalue weighted by atomic mass is 10.1. The summed E-state index contributed by atoms with van der Waals surface area (Å²) in [5, 5.41) is 12.9. The molecule has 4 atom stereocenters. The van der Waals surface area contributed by atoms with Gasteiger partial charge in [0.1, 0.15) is 23.1 Å². The normalized spacial score (nSPS) is 24.8. The Hall–Kier alpha value is -3.25. The number of ether oxygens (including phenoxy) is 2. The lowest BCUT2D eigenvalue weighted by molar-refractivity contribution is 0.0626. The number of benzene rings is 2. The molecule has 0 spiro atoms. The summed E-state index contributed by atoms with van der Waals surface area (Å²) in [5.74, 6) is 0.610. The second kappa shape index (κ2) is 7.96. The maximum atomic E-state index is 13.2. The number of aromatic nitrogens is 5. The van der Waals surface area contributed by atoms with Crippen molar-refractivity contribution in [3.05, 3.63) is 66.9 Å². The molecule has 2 aliphatic heterocycles. The molecule has 0 saturated carbocycles. The van der Waals surface area contributed by atoms with Crippen molar-refractivity contribution in [1.82, 2.24) is 29.9 Å². The zero-order valence-electron chi connectivity index (χ0n) is 17.4. The van der Waals surface area contributed by atoms with E-state index in [9.17, 15) is 8.42 Å². The standard InChI is InChI=1S/C22H20N6O4S/c29-33(30,18-10-4-8-14-9-5-11-23-19(14)18)25-16-12-31-21-17(13-32-20(16)21)28-22(24-26-27-28)15-6-2-1-3-7-15/h1-11,16-17,20-21,25H,12-13H2/t16-,17-,20+,21+/m0/s1. The van der Waals surface area contributed by atoms with Gasteiger partial charge in [-0.15, -0.1) is 5.10 Å². The first kappa shape index (κ1) is 20.4. The summed E-state index contributed by atoms with van der Waals surface area (Å²) in [7, 11) is -3.85. The van der Waals surface area contributed by atoms with Crippen LogP contribution in [0.2, 0.25) is 0 Å². The van der Waals surface area contributed by atoms with E-state index < -0.39 is 22.2 Å². The van der Waals surface area contributed by atoms with E-state index in [1.165, 1.54) is 0 Å². The quantitative estimate of drug-likeness (QED) is 0.473. The third kappa shape index (κ3) is 3.49. The summed E-state index contributed by atoms with van der Waals surface area (Å²) in [6.45, 7) is 0.500. The van der Waals surface area contributed by atoms with E-state index in [2.05, 4.69) is 25.2 Å². The molecule has 2 fully saturated rings. The summed E-state index contributed by atoms with van der Waals surface area (Å²) in [6, 6.07) is 17.5. The van der Waals surface area contributed by atoms with Crippen LogP contribution in [0.15, 0.2) is 71.8 Å². The molecule has 10 nitrogen and oxygen atoms in total. The highest BCUT2D eigenvalue weighted by Gasteiger charge is 2.50. The van der Waals surface area contributed by atoms with Gasteiger partial charge in [-0.1, -0.05) is 48.5 Å². The average molecular weight is 465 g/mol. The summed E-state index contributed by atoms with van der Waals surface area (Å²) in [5.41, 5.74) is 1.30. The van der Waals surface area contributed by atoms with E-state index in [-0.39, 0.29) is 23.6 Å². The third-order valence-electron chi connectivity index (χ3n) is 6.06. The number of hydrogen-bond donors (Lipinski definition) is 1. The fourth-order valence-electron chi connectivity index (χ4n) is 4.54. The van der Waals surface area contributed by atoms with Crippen LogP contribution in [0, 0.1) is 0 Å². The minimum absolute atomic E-state index is 0.130. The van der Waals surface area contributed by atoms with E-state index in [0.717, 1.165) is 10.9 Å². The Morgan fingerprint density at radius 1 is 0.939 bits per heavy atom. The molecule has 33 heavy (non-hydrogen) atoms. The van der Waals surface area contributed by atoms with Crippen molar-refractivity contribution in [2.75, 3.05) is 13.2 Å². The Labute approximate surface area is 189 Å². The van der Waals surface area contributed by atoms with Gasteiger partial charge in [-0.2, -0.15) is 0 Å². The Morgan fingerprint density at radius 3 is 2.64 bits per heavy atom. The van der Waals surface area contributed by atoms with Crippen LogP contribution in [-0.4, -0.2) is 65.1 Å². The molecule has 0 bridgehead atoms. The van der Waals surface area contributed by atoms with Gasteiger partial charge in [-0.05, 0) is 22.6 Å². The molecule has 1 N–H and O–H groups in total. The predicted molar refractivity (Wildman–Crippen MR) is 118 cm³/mol. The molecule has 2 aliphatic rings. The van der Waals surface area contributed by atoms with E-state index in [1.54, 1.807) is 29.1 Å². The number of fused-ring (bicyclic) bond motifs is 2. The van der Waals surface area contributed by atoms with Gasteiger partial charge in [0.25, 0.3) is 0 Å². The first-order valence-electron chi connectivity index (χ1n) is 10.5. The topological polar surface area (TPSA) is 121 Å². The van der Waals surface area contributed by atoms with Crippen LogP contribution in [-0.2, 0) is 19.5 Å². The Balaban J connectivity index is 1.25. The summed E-state index contributed by atoms with van der Waals surface area (Å²) in [4.78, 5) is 4.40. The van der Waals surface area contributed by atoms with Crippen molar-refractivity contribution in [3.63, 3.8) is 0 Å². The van der Waals surface area contributed by atoms with E-state index in [4.69, 9.17) is 9.47 Å². The van der Waals surface area contributed by atoms with Gasteiger partial charge in [0.15, 0.2) is 5.82 Å². The van der Waals surface area contributed by atoms with Crippen LogP contribution in [0.25, 0.3) is 22.3 Å². The molecule has 2 saturated heterocycles.